The van der Waals surface area contributed by atoms with Crippen molar-refractivity contribution in [2.75, 3.05) is 5.32 Å². The van der Waals surface area contributed by atoms with Gasteiger partial charge in [0.1, 0.15) is 5.56 Å². The average molecular weight is 437 g/mol. The lowest BCUT2D eigenvalue weighted by Gasteiger charge is -2.21. The van der Waals surface area contributed by atoms with Gasteiger partial charge in [-0.05, 0) is 56.0 Å². The molecule has 4 heteroatoms. The van der Waals surface area contributed by atoms with Crippen LogP contribution < -0.4 is 10.7 Å². The third kappa shape index (κ3) is 4.37. The Morgan fingerprint density at radius 2 is 1.58 bits per heavy atom. The summed E-state index contributed by atoms with van der Waals surface area (Å²) in [5.41, 5.74) is 6.83. The molecule has 0 aliphatic heterocycles. The van der Waals surface area contributed by atoms with E-state index in [4.69, 9.17) is 0 Å². The molecule has 0 saturated carbocycles. The van der Waals surface area contributed by atoms with Gasteiger partial charge in [0, 0.05) is 23.1 Å². The molecule has 4 nitrogen and oxygen atoms in total. The SMILES string of the molecule is CCc1cccc(C)c1NC(=O)c1c(-c2ccccc2)n(-c2ccc(C)cc2)c(C)cc1=O. The van der Waals surface area contributed by atoms with Crippen LogP contribution in [0.5, 0.6) is 0 Å². The van der Waals surface area contributed by atoms with Crippen molar-refractivity contribution in [2.24, 2.45) is 0 Å². The summed E-state index contributed by atoms with van der Waals surface area (Å²) >= 11 is 0. The van der Waals surface area contributed by atoms with E-state index in [0.717, 1.165) is 45.7 Å². The molecule has 4 rings (SSSR count). The number of aryl methyl sites for hydroxylation is 4. The summed E-state index contributed by atoms with van der Waals surface area (Å²) < 4.78 is 1.99. The van der Waals surface area contributed by atoms with Crippen molar-refractivity contribution in [3.05, 3.63) is 117 Å². The Bertz CT molecular complexity index is 1370. The van der Waals surface area contributed by atoms with Gasteiger partial charge in [0.2, 0.25) is 0 Å². The maximum atomic E-state index is 13.7. The number of amides is 1. The summed E-state index contributed by atoms with van der Waals surface area (Å²) in [6.45, 7) is 7.95. The Balaban J connectivity index is 1.97. The highest BCUT2D eigenvalue weighted by Gasteiger charge is 2.23. The summed E-state index contributed by atoms with van der Waals surface area (Å²) in [5.74, 6) is -0.399. The third-order valence-electron chi connectivity index (χ3n) is 5.94. The fourth-order valence-electron chi connectivity index (χ4n) is 4.22. The van der Waals surface area contributed by atoms with E-state index in [1.54, 1.807) is 6.07 Å². The molecule has 0 fully saturated rings. The molecular formula is C29H28N2O2. The topological polar surface area (TPSA) is 51.1 Å². The van der Waals surface area contributed by atoms with Crippen LogP contribution in [0.4, 0.5) is 5.69 Å². The van der Waals surface area contributed by atoms with Gasteiger partial charge in [-0.25, -0.2) is 0 Å². The van der Waals surface area contributed by atoms with Gasteiger partial charge >= 0.3 is 0 Å². The molecule has 0 aliphatic rings. The van der Waals surface area contributed by atoms with Crippen LogP contribution in [0, 0.1) is 20.8 Å². The van der Waals surface area contributed by atoms with Crippen molar-refractivity contribution in [1.82, 2.24) is 4.57 Å². The molecule has 1 aromatic heterocycles. The lowest BCUT2D eigenvalue weighted by atomic mass is 10.0. The number of nitrogens with one attached hydrogen (secondary N) is 1. The van der Waals surface area contributed by atoms with E-state index in [0.29, 0.717) is 5.69 Å². The van der Waals surface area contributed by atoms with E-state index in [1.807, 2.05) is 98.1 Å². The molecule has 0 unspecified atom stereocenters. The van der Waals surface area contributed by atoms with E-state index < -0.39 is 5.91 Å². The number of rotatable bonds is 5. The second-order valence-electron chi connectivity index (χ2n) is 8.33. The minimum atomic E-state index is -0.399. The quantitative estimate of drug-likeness (QED) is 0.402. The molecular weight excluding hydrogens is 408 g/mol. The number of aromatic nitrogens is 1. The first kappa shape index (κ1) is 22.3. The van der Waals surface area contributed by atoms with Gasteiger partial charge in [-0.15, -0.1) is 0 Å². The number of nitrogens with zero attached hydrogens (tertiary/aromatic N) is 1. The average Bonchev–Trinajstić information content (AvgIpc) is 2.81. The minimum absolute atomic E-state index is 0.137. The van der Waals surface area contributed by atoms with E-state index in [2.05, 4.69) is 12.2 Å². The largest absolute Gasteiger partial charge is 0.321 e. The Morgan fingerprint density at radius 3 is 2.24 bits per heavy atom. The summed E-state index contributed by atoms with van der Waals surface area (Å²) in [7, 11) is 0. The zero-order valence-electron chi connectivity index (χ0n) is 19.5. The van der Waals surface area contributed by atoms with Crippen LogP contribution in [0.25, 0.3) is 16.9 Å². The second-order valence-corrected chi connectivity index (χ2v) is 8.33. The number of para-hydroxylation sites is 1. The number of carbonyl (C=O) groups is 1. The van der Waals surface area contributed by atoms with E-state index in [-0.39, 0.29) is 11.0 Å². The van der Waals surface area contributed by atoms with E-state index in [9.17, 15) is 9.59 Å². The summed E-state index contributed by atoms with van der Waals surface area (Å²) in [4.78, 5) is 26.9. The van der Waals surface area contributed by atoms with Gasteiger partial charge in [0.05, 0.1) is 5.69 Å². The summed E-state index contributed by atoms with van der Waals surface area (Å²) in [5, 5.41) is 3.05. The fraction of sp³-hybridized carbons (Fsp3) is 0.172. The van der Waals surface area contributed by atoms with Gasteiger partial charge in [-0.3, -0.25) is 9.59 Å². The lowest BCUT2D eigenvalue weighted by Crippen LogP contribution is -2.26. The first-order valence-electron chi connectivity index (χ1n) is 11.2. The zero-order chi connectivity index (χ0) is 23.5. The predicted octanol–water partition coefficient (Wildman–Crippen LogP) is 6.24. The maximum absolute atomic E-state index is 13.7. The van der Waals surface area contributed by atoms with Gasteiger partial charge in [-0.1, -0.05) is 73.2 Å². The van der Waals surface area contributed by atoms with Crippen molar-refractivity contribution in [3.8, 4) is 16.9 Å². The normalized spacial score (nSPS) is 10.8. The van der Waals surface area contributed by atoms with Crippen molar-refractivity contribution in [1.29, 1.82) is 0 Å². The molecule has 0 spiro atoms. The molecule has 0 aliphatic carbocycles. The highest BCUT2D eigenvalue weighted by Crippen LogP contribution is 2.29. The number of pyridine rings is 1. The Kier molecular flexibility index (Phi) is 6.27. The van der Waals surface area contributed by atoms with Crippen LogP contribution in [0.1, 0.15) is 39.7 Å². The van der Waals surface area contributed by atoms with Crippen molar-refractivity contribution < 1.29 is 4.79 Å². The minimum Gasteiger partial charge on any atom is -0.321 e. The summed E-state index contributed by atoms with van der Waals surface area (Å²) in [6.07, 6.45) is 0.782. The molecule has 0 saturated heterocycles. The van der Waals surface area contributed by atoms with Crippen molar-refractivity contribution in [3.63, 3.8) is 0 Å². The summed E-state index contributed by atoms with van der Waals surface area (Å²) in [6, 6.07) is 25.2. The molecule has 1 heterocycles. The molecule has 0 bridgehead atoms. The smallest absolute Gasteiger partial charge is 0.261 e. The molecule has 0 radical (unpaired) electrons. The lowest BCUT2D eigenvalue weighted by molar-refractivity contribution is 0.102. The number of carbonyl (C=O) groups excluding carboxylic acids is 1. The molecule has 4 aromatic rings. The van der Waals surface area contributed by atoms with Crippen molar-refractivity contribution >= 4 is 11.6 Å². The maximum Gasteiger partial charge on any atom is 0.261 e. The molecule has 166 valence electrons. The molecule has 33 heavy (non-hydrogen) atoms. The first-order valence-corrected chi connectivity index (χ1v) is 11.2. The molecule has 1 N–H and O–H groups in total. The Labute approximate surface area is 194 Å². The van der Waals surface area contributed by atoms with Gasteiger partial charge in [0.15, 0.2) is 5.43 Å². The van der Waals surface area contributed by atoms with Crippen LogP contribution in [0.2, 0.25) is 0 Å². The second kappa shape index (κ2) is 9.29. The molecule has 1 amide bonds. The first-order chi connectivity index (χ1) is 15.9. The van der Waals surface area contributed by atoms with Crippen molar-refractivity contribution in [2.45, 2.75) is 34.1 Å². The van der Waals surface area contributed by atoms with Crippen LogP contribution in [-0.2, 0) is 6.42 Å². The number of benzene rings is 3. The van der Waals surface area contributed by atoms with Crippen LogP contribution in [0.3, 0.4) is 0 Å². The zero-order valence-corrected chi connectivity index (χ0v) is 19.5. The molecule has 0 atom stereocenters. The predicted molar refractivity (Wildman–Crippen MR) is 135 cm³/mol. The third-order valence-corrected chi connectivity index (χ3v) is 5.94. The number of anilines is 1. The standard InChI is InChI=1S/C29H28N2O2/c1-5-22-13-9-10-20(3)27(22)30-29(33)26-25(32)18-21(4)31(24-16-14-19(2)15-17-24)28(26)23-11-7-6-8-12-23/h6-18H,5H2,1-4H3,(H,30,33). The van der Waals surface area contributed by atoms with Gasteiger partial charge < -0.3 is 9.88 Å². The molecule has 3 aromatic carbocycles. The van der Waals surface area contributed by atoms with E-state index in [1.165, 1.54) is 0 Å². The van der Waals surface area contributed by atoms with E-state index >= 15 is 0 Å². The number of hydrogen-bond donors (Lipinski definition) is 1. The Hall–Kier alpha value is -3.92. The van der Waals surface area contributed by atoms with Gasteiger partial charge in [0.25, 0.3) is 5.91 Å². The highest BCUT2D eigenvalue weighted by atomic mass is 16.2. The van der Waals surface area contributed by atoms with Crippen LogP contribution in [0.15, 0.2) is 83.7 Å². The monoisotopic (exact) mass is 436 g/mol. The fourth-order valence-corrected chi connectivity index (χ4v) is 4.22. The highest BCUT2D eigenvalue weighted by molar-refractivity contribution is 6.09. The van der Waals surface area contributed by atoms with Crippen LogP contribution in [-0.4, -0.2) is 10.5 Å². The Morgan fingerprint density at radius 1 is 0.879 bits per heavy atom. The number of hydrogen-bond acceptors (Lipinski definition) is 2. The van der Waals surface area contributed by atoms with Gasteiger partial charge in [-0.2, -0.15) is 0 Å². The van der Waals surface area contributed by atoms with Crippen LogP contribution >= 0.6 is 0 Å².